The average Bonchev–Trinajstić information content (AvgIpc) is 3.64. The fourth-order valence-corrected chi connectivity index (χ4v) is 10.3. The predicted octanol–water partition coefficient (Wildman–Crippen LogP) is 2.92. The van der Waals surface area contributed by atoms with Gasteiger partial charge >= 0.3 is 23.9 Å². The number of allylic oxidation sites excluding steroid dienone is 4. The Morgan fingerprint density at radius 3 is 1.42 bits per heavy atom. The van der Waals surface area contributed by atoms with E-state index in [4.69, 9.17) is 9.47 Å². The van der Waals surface area contributed by atoms with Gasteiger partial charge in [0.15, 0.2) is 0 Å². The average molecular weight is 449 g/mol. The molecule has 14 atom stereocenters. The minimum absolute atomic E-state index is 0.0819. The SMILES string of the molecule is O=C1OC(=O)C2C3CC(C12)C1C2C=CC(C2)C31.O=C1OC(=O)C2CC3C4C=CC(C4)C3CC12. The van der Waals surface area contributed by atoms with Crippen LogP contribution < -0.4 is 0 Å². The van der Waals surface area contributed by atoms with E-state index in [1.54, 1.807) is 0 Å². The van der Waals surface area contributed by atoms with E-state index in [2.05, 4.69) is 24.3 Å². The zero-order valence-corrected chi connectivity index (χ0v) is 18.4. The predicted molar refractivity (Wildman–Crippen MR) is 112 cm³/mol. The number of rotatable bonds is 0. The van der Waals surface area contributed by atoms with Crippen molar-refractivity contribution in [1.82, 2.24) is 0 Å². The molecule has 6 nitrogen and oxygen atoms in total. The van der Waals surface area contributed by atoms with E-state index in [0.29, 0.717) is 59.2 Å². The first kappa shape index (κ1) is 19.1. The van der Waals surface area contributed by atoms with Gasteiger partial charge in [-0.25, -0.2) is 0 Å². The van der Waals surface area contributed by atoms with Gasteiger partial charge in [-0.2, -0.15) is 0 Å². The quantitative estimate of drug-likeness (QED) is 0.245. The molecule has 33 heavy (non-hydrogen) atoms. The van der Waals surface area contributed by atoms with Crippen LogP contribution in [0.2, 0.25) is 0 Å². The van der Waals surface area contributed by atoms with Gasteiger partial charge in [-0.05, 0) is 91.3 Å². The van der Waals surface area contributed by atoms with Crippen molar-refractivity contribution in [2.24, 2.45) is 82.9 Å². The maximum Gasteiger partial charge on any atom is 0.317 e. The summed E-state index contributed by atoms with van der Waals surface area (Å²) in [4.78, 5) is 46.7. The zero-order valence-electron chi connectivity index (χ0n) is 18.4. The lowest BCUT2D eigenvalue weighted by Crippen LogP contribution is -2.38. The van der Waals surface area contributed by atoms with Crippen molar-refractivity contribution in [3.63, 3.8) is 0 Å². The van der Waals surface area contributed by atoms with Crippen LogP contribution in [-0.4, -0.2) is 23.9 Å². The fraction of sp³-hybridized carbons (Fsp3) is 0.704. The molecular weight excluding hydrogens is 420 g/mol. The highest BCUT2D eigenvalue weighted by atomic mass is 16.6. The summed E-state index contributed by atoms with van der Waals surface area (Å²) in [7, 11) is 0. The van der Waals surface area contributed by atoms with Gasteiger partial charge in [0.1, 0.15) is 0 Å². The summed E-state index contributed by atoms with van der Waals surface area (Å²) in [5.41, 5.74) is 0. The first-order valence-electron chi connectivity index (χ1n) is 12.9. The third-order valence-electron chi connectivity index (χ3n) is 11.3. The highest BCUT2D eigenvalue weighted by Gasteiger charge is 2.70. The monoisotopic (exact) mass is 448 g/mol. The Kier molecular flexibility index (Phi) is 3.62. The molecule has 2 heterocycles. The lowest BCUT2D eigenvalue weighted by atomic mass is 9.65. The normalized spacial score (nSPS) is 57.0. The Morgan fingerprint density at radius 1 is 0.485 bits per heavy atom. The second-order valence-corrected chi connectivity index (χ2v) is 12.2. The van der Waals surface area contributed by atoms with Gasteiger partial charge in [-0.3, -0.25) is 19.2 Å². The van der Waals surface area contributed by atoms with E-state index in [1.165, 1.54) is 12.8 Å². The molecule has 7 fully saturated rings. The number of cyclic esters (lactones) is 4. The van der Waals surface area contributed by atoms with Crippen LogP contribution in [0.1, 0.15) is 32.1 Å². The third-order valence-corrected chi connectivity index (χ3v) is 11.3. The molecule has 172 valence electrons. The van der Waals surface area contributed by atoms with Crippen LogP contribution in [0.4, 0.5) is 0 Å². The molecule has 0 aromatic heterocycles. The van der Waals surface area contributed by atoms with Gasteiger partial charge in [-0.15, -0.1) is 0 Å². The molecule has 0 radical (unpaired) electrons. The Labute approximate surface area is 192 Å². The first-order valence-corrected chi connectivity index (χ1v) is 12.9. The topological polar surface area (TPSA) is 86.7 Å². The van der Waals surface area contributed by atoms with E-state index in [1.807, 2.05) is 0 Å². The number of hydrogen-bond donors (Lipinski definition) is 0. The van der Waals surface area contributed by atoms with E-state index in [0.717, 1.165) is 19.3 Å². The van der Waals surface area contributed by atoms with Crippen LogP contribution >= 0.6 is 0 Å². The number of hydrogen-bond acceptors (Lipinski definition) is 6. The molecule has 2 saturated heterocycles. The Bertz CT molecular complexity index is 981. The highest BCUT2D eigenvalue weighted by Crippen LogP contribution is 2.70. The summed E-state index contributed by atoms with van der Waals surface area (Å²) in [5.74, 6) is 4.81. The van der Waals surface area contributed by atoms with E-state index >= 15 is 0 Å². The maximum atomic E-state index is 11.8. The molecule has 6 bridgehead atoms. The summed E-state index contributed by atoms with van der Waals surface area (Å²) in [6, 6.07) is 0. The molecule has 14 unspecified atom stereocenters. The number of esters is 4. The van der Waals surface area contributed by atoms with Crippen LogP contribution in [0.15, 0.2) is 24.3 Å². The van der Waals surface area contributed by atoms with Gasteiger partial charge in [-0.1, -0.05) is 24.3 Å². The lowest BCUT2D eigenvalue weighted by molar-refractivity contribution is -0.156. The number of carbonyl (C=O) groups excluding carboxylic acids is 4. The minimum Gasteiger partial charge on any atom is -0.393 e. The molecular formula is C27H28O6. The van der Waals surface area contributed by atoms with Crippen molar-refractivity contribution < 1.29 is 28.7 Å². The molecule has 5 saturated carbocycles. The van der Waals surface area contributed by atoms with Gasteiger partial charge < -0.3 is 9.47 Å². The zero-order chi connectivity index (χ0) is 22.2. The van der Waals surface area contributed by atoms with Crippen LogP contribution in [0.5, 0.6) is 0 Å². The molecule has 2 aliphatic heterocycles. The second kappa shape index (κ2) is 6.25. The molecule has 0 N–H and O–H groups in total. The van der Waals surface area contributed by atoms with Gasteiger partial charge in [0.05, 0.1) is 23.7 Å². The number of carbonyl (C=O) groups is 4. The summed E-state index contributed by atoms with van der Waals surface area (Å²) >= 11 is 0. The Balaban J connectivity index is 0.000000108. The standard InChI is InChI=1S/C14H14O3.C13H14O3/c15-13-11-7-4-8(12(11)14(16)17-13)10-6-2-1-5(3-6)9(7)10;14-12-10-4-8-6-1-2-7(3-6)9(8)5-11(10)13(15)16-12/h1-2,5-12H,3-4H2;1-2,6-11H,3-5H2. The van der Waals surface area contributed by atoms with E-state index in [9.17, 15) is 19.2 Å². The fourth-order valence-electron chi connectivity index (χ4n) is 10.3. The third kappa shape index (κ3) is 2.30. The van der Waals surface area contributed by atoms with E-state index in [-0.39, 0.29) is 47.5 Å². The van der Waals surface area contributed by atoms with Crippen molar-refractivity contribution >= 4 is 23.9 Å². The van der Waals surface area contributed by atoms with Crippen molar-refractivity contribution in [2.45, 2.75) is 32.1 Å². The molecule has 0 aromatic carbocycles. The maximum absolute atomic E-state index is 11.8. The summed E-state index contributed by atoms with van der Waals surface area (Å²) in [5, 5.41) is 0. The van der Waals surface area contributed by atoms with Crippen LogP contribution in [-0.2, 0) is 28.7 Å². The summed E-state index contributed by atoms with van der Waals surface area (Å²) in [6.07, 6.45) is 14.7. The molecule has 0 aromatic rings. The van der Waals surface area contributed by atoms with Crippen LogP contribution in [0, 0.1) is 82.9 Å². The molecule has 6 heteroatoms. The smallest absolute Gasteiger partial charge is 0.317 e. The number of ether oxygens (including phenoxy) is 2. The largest absolute Gasteiger partial charge is 0.393 e. The van der Waals surface area contributed by atoms with Crippen molar-refractivity contribution in [2.75, 3.05) is 0 Å². The molecule has 7 aliphatic carbocycles. The van der Waals surface area contributed by atoms with E-state index < -0.39 is 0 Å². The van der Waals surface area contributed by atoms with Crippen molar-refractivity contribution in [1.29, 1.82) is 0 Å². The minimum atomic E-state index is -0.264. The molecule has 0 amide bonds. The molecule has 0 spiro atoms. The first-order chi connectivity index (χ1) is 16.0. The van der Waals surface area contributed by atoms with Gasteiger partial charge in [0.25, 0.3) is 0 Å². The number of fused-ring (bicyclic) bond motifs is 18. The lowest BCUT2D eigenvalue weighted by Gasteiger charge is -2.36. The van der Waals surface area contributed by atoms with Crippen molar-refractivity contribution in [3.8, 4) is 0 Å². The Hall–Kier alpha value is -2.24. The summed E-state index contributed by atoms with van der Waals surface area (Å²) in [6.45, 7) is 0. The van der Waals surface area contributed by atoms with Gasteiger partial charge in [0.2, 0.25) is 0 Å². The second-order valence-electron chi connectivity index (χ2n) is 12.2. The van der Waals surface area contributed by atoms with Crippen LogP contribution in [0.25, 0.3) is 0 Å². The van der Waals surface area contributed by atoms with Gasteiger partial charge in [0, 0.05) is 0 Å². The molecule has 9 rings (SSSR count). The Morgan fingerprint density at radius 2 is 0.909 bits per heavy atom. The highest BCUT2D eigenvalue weighted by molar-refractivity contribution is 5.98. The molecule has 9 aliphatic rings. The summed E-state index contributed by atoms with van der Waals surface area (Å²) < 4.78 is 9.63. The van der Waals surface area contributed by atoms with Crippen molar-refractivity contribution in [3.05, 3.63) is 24.3 Å². The van der Waals surface area contributed by atoms with Crippen LogP contribution in [0.3, 0.4) is 0 Å².